The molecule has 1 unspecified atom stereocenters. The van der Waals surface area contributed by atoms with Crippen molar-refractivity contribution in [2.45, 2.75) is 6.04 Å². The van der Waals surface area contributed by atoms with Crippen LogP contribution in [0.15, 0.2) is 37.0 Å². The second kappa shape index (κ2) is 5.48. The van der Waals surface area contributed by atoms with Crippen molar-refractivity contribution in [2.24, 2.45) is 5.73 Å². The van der Waals surface area contributed by atoms with Crippen molar-refractivity contribution in [3.05, 3.63) is 53.3 Å². The molecule has 1 aromatic carbocycles. The van der Waals surface area contributed by atoms with E-state index in [0.717, 1.165) is 18.7 Å². The molecule has 0 saturated carbocycles. The van der Waals surface area contributed by atoms with Gasteiger partial charge in [-0.1, -0.05) is 6.07 Å². The van der Waals surface area contributed by atoms with E-state index in [1.165, 1.54) is 17.4 Å². The molecule has 2 aromatic rings. The van der Waals surface area contributed by atoms with Crippen LogP contribution in [0.25, 0.3) is 0 Å². The summed E-state index contributed by atoms with van der Waals surface area (Å²) in [6.07, 6.45) is 0. The van der Waals surface area contributed by atoms with E-state index in [9.17, 15) is 4.39 Å². The lowest BCUT2D eigenvalue weighted by Gasteiger charge is -2.10. The number of benzene rings is 1. The Kier molecular flexibility index (Phi) is 4.41. The average Bonchev–Trinajstić information content (AvgIpc) is 2.62. The molecule has 1 aromatic heterocycles. The normalized spacial score (nSPS) is 12.8. The Morgan fingerprint density at radius 3 is 2.35 bits per heavy atom. The van der Waals surface area contributed by atoms with E-state index >= 15 is 0 Å². The van der Waals surface area contributed by atoms with Crippen LogP contribution in [-0.4, -0.2) is 0 Å². The highest BCUT2D eigenvalue weighted by atomic mass is 79.9. The van der Waals surface area contributed by atoms with Crippen LogP contribution in [0.5, 0.6) is 0 Å². The molecule has 0 spiro atoms. The first-order chi connectivity index (χ1) is 7.99. The molecule has 6 heteroatoms. The summed E-state index contributed by atoms with van der Waals surface area (Å²) in [5.74, 6) is -0.298. The van der Waals surface area contributed by atoms with Crippen LogP contribution < -0.4 is 5.73 Å². The fraction of sp³-hybridized carbons (Fsp3) is 0.0909. The number of nitrogens with two attached hydrogens (primary N) is 1. The monoisotopic (exact) mass is 441 g/mol. The van der Waals surface area contributed by atoms with Crippen molar-refractivity contribution >= 4 is 59.1 Å². The lowest BCUT2D eigenvalue weighted by Crippen LogP contribution is -2.10. The lowest BCUT2D eigenvalue weighted by molar-refractivity contribution is 0.617. The zero-order valence-electron chi connectivity index (χ0n) is 8.38. The minimum absolute atomic E-state index is 0.298. The molecule has 0 radical (unpaired) electrons. The van der Waals surface area contributed by atoms with Gasteiger partial charge in [-0.25, -0.2) is 4.39 Å². The third-order valence-electron chi connectivity index (χ3n) is 2.27. The molecular weight excluding hydrogens is 437 g/mol. The summed E-state index contributed by atoms with van der Waals surface area (Å²) in [4.78, 5) is 0.977. The zero-order valence-corrected chi connectivity index (χ0v) is 14.0. The van der Waals surface area contributed by atoms with Gasteiger partial charge in [0.1, 0.15) is 5.82 Å². The minimum Gasteiger partial charge on any atom is -0.320 e. The van der Waals surface area contributed by atoms with Gasteiger partial charge >= 0.3 is 0 Å². The van der Waals surface area contributed by atoms with Gasteiger partial charge in [0, 0.05) is 9.35 Å². The molecule has 90 valence electrons. The molecule has 0 aliphatic heterocycles. The van der Waals surface area contributed by atoms with Crippen molar-refractivity contribution in [3.63, 3.8) is 0 Å². The van der Waals surface area contributed by atoms with Crippen LogP contribution in [0.2, 0.25) is 0 Å². The summed E-state index contributed by atoms with van der Waals surface area (Å²) in [6, 6.07) is 6.57. The Morgan fingerprint density at radius 1 is 1.12 bits per heavy atom. The Balaban J connectivity index is 2.36. The SMILES string of the molecule is NC(c1ccc(Br)c(F)c1)c1cc(Br)c(Br)s1. The van der Waals surface area contributed by atoms with Gasteiger partial charge in [-0.05, 0) is 71.6 Å². The first-order valence-corrected chi connectivity index (χ1v) is 7.84. The van der Waals surface area contributed by atoms with Gasteiger partial charge in [0.2, 0.25) is 0 Å². The van der Waals surface area contributed by atoms with Crippen molar-refractivity contribution < 1.29 is 4.39 Å². The van der Waals surface area contributed by atoms with E-state index in [2.05, 4.69) is 47.8 Å². The van der Waals surface area contributed by atoms with Gasteiger partial charge in [0.15, 0.2) is 0 Å². The number of hydrogen-bond donors (Lipinski definition) is 1. The highest BCUT2D eigenvalue weighted by Gasteiger charge is 2.15. The quantitative estimate of drug-likeness (QED) is 0.676. The summed E-state index contributed by atoms with van der Waals surface area (Å²) in [6.45, 7) is 0. The molecule has 2 rings (SSSR count). The Hall–Kier alpha value is 0.250. The minimum atomic E-state index is -0.315. The molecule has 1 nitrogen and oxygen atoms in total. The van der Waals surface area contributed by atoms with Crippen molar-refractivity contribution in [3.8, 4) is 0 Å². The molecule has 1 heterocycles. The molecule has 2 N–H and O–H groups in total. The zero-order chi connectivity index (χ0) is 12.6. The molecule has 1 atom stereocenters. The molecule has 0 fully saturated rings. The van der Waals surface area contributed by atoms with Gasteiger partial charge in [0.25, 0.3) is 0 Å². The summed E-state index contributed by atoms with van der Waals surface area (Å²) in [5.41, 5.74) is 6.86. The Bertz CT molecular complexity index is 536. The maximum absolute atomic E-state index is 13.4. The van der Waals surface area contributed by atoms with E-state index < -0.39 is 0 Å². The molecule has 0 amide bonds. The fourth-order valence-corrected chi connectivity index (χ4v) is 3.75. The molecule has 0 aliphatic carbocycles. The van der Waals surface area contributed by atoms with Crippen LogP contribution in [-0.2, 0) is 0 Å². The second-order valence-electron chi connectivity index (χ2n) is 3.42. The second-order valence-corrected chi connectivity index (χ2v) is 7.53. The Labute approximate surface area is 128 Å². The predicted molar refractivity (Wildman–Crippen MR) is 79.8 cm³/mol. The fourth-order valence-electron chi connectivity index (χ4n) is 1.39. The smallest absolute Gasteiger partial charge is 0.137 e. The van der Waals surface area contributed by atoms with Gasteiger partial charge in [-0.15, -0.1) is 11.3 Å². The highest BCUT2D eigenvalue weighted by Crippen LogP contribution is 2.37. The number of rotatable bonds is 2. The van der Waals surface area contributed by atoms with Crippen LogP contribution in [0, 0.1) is 5.82 Å². The van der Waals surface area contributed by atoms with Crippen molar-refractivity contribution in [2.75, 3.05) is 0 Å². The van der Waals surface area contributed by atoms with Crippen LogP contribution in [0.1, 0.15) is 16.5 Å². The first kappa shape index (κ1) is 13.7. The summed E-state index contributed by atoms with van der Waals surface area (Å²) in [7, 11) is 0. The topological polar surface area (TPSA) is 26.0 Å². The maximum atomic E-state index is 13.4. The van der Waals surface area contributed by atoms with E-state index in [1.54, 1.807) is 6.07 Å². The maximum Gasteiger partial charge on any atom is 0.137 e. The summed E-state index contributed by atoms with van der Waals surface area (Å²) < 4.78 is 15.8. The molecular formula is C11H7Br3FNS. The highest BCUT2D eigenvalue weighted by molar-refractivity contribution is 9.13. The van der Waals surface area contributed by atoms with Gasteiger partial charge in [-0.3, -0.25) is 0 Å². The molecule has 17 heavy (non-hydrogen) atoms. The summed E-state index contributed by atoms with van der Waals surface area (Å²) in [5, 5.41) is 0. The molecule has 0 aliphatic rings. The van der Waals surface area contributed by atoms with Crippen molar-refractivity contribution in [1.82, 2.24) is 0 Å². The van der Waals surface area contributed by atoms with E-state index in [1.807, 2.05) is 12.1 Å². The molecule has 0 saturated heterocycles. The lowest BCUT2D eigenvalue weighted by atomic mass is 10.1. The Morgan fingerprint density at radius 2 is 1.82 bits per heavy atom. The van der Waals surface area contributed by atoms with Gasteiger partial charge in [-0.2, -0.15) is 0 Å². The van der Waals surface area contributed by atoms with Crippen LogP contribution >= 0.6 is 59.1 Å². The van der Waals surface area contributed by atoms with E-state index in [-0.39, 0.29) is 11.9 Å². The first-order valence-electron chi connectivity index (χ1n) is 4.64. The average molecular weight is 444 g/mol. The van der Waals surface area contributed by atoms with E-state index in [0.29, 0.717) is 4.47 Å². The van der Waals surface area contributed by atoms with Gasteiger partial charge < -0.3 is 5.73 Å². The predicted octanol–water partition coefficient (Wildman–Crippen LogP) is 5.22. The van der Waals surface area contributed by atoms with Gasteiger partial charge in [0.05, 0.1) is 14.3 Å². The number of hydrogen-bond acceptors (Lipinski definition) is 2. The summed E-state index contributed by atoms with van der Waals surface area (Å²) >= 11 is 11.5. The molecule has 0 bridgehead atoms. The largest absolute Gasteiger partial charge is 0.320 e. The van der Waals surface area contributed by atoms with E-state index in [4.69, 9.17) is 5.73 Å². The third-order valence-corrected chi connectivity index (χ3v) is 6.26. The third kappa shape index (κ3) is 2.98. The van der Waals surface area contributed by atoms with Crippen molar-refractivity contribution in [1.29, 1.82) is 0 Å². The van der Waals surface area contributed by atoms with Crippen LogP contribution in [0.4, 0.5) is 4.39 Å². The number of halogens is 4. The number of thiophene rings is 1. The van der Waals surface area contributed by atoms with Crippen LogP contribution in [0.3, 0.4) is 0 Å². The standard InChI is InChI=1S/C11H7Br3FNS/c12-6-2-1-5(3-8(6)15)10(16)9-4-7(13)11(14)17-9/h1-4,10H,16H2.